The van der Waals surface area contributed by atoms with E-state index in [1.165, 1.54) is 0 Å². The van der Waals surface area contributed by atoms with Crippen molar-refractivity contribution in [3.63, 3.8) is 0 Å². The van der Waals surface area contributed by atoms with E-state index in [1.807, 2.05) is 31.2 Å². The van der Waals surface area contributed by atoms with Crippen LogP contribution in [0.4, 0.5) is 0 Å². The topological polar surface area (TPSA) is 72.2 Å². The minimum atomic E-state index is -0.525. The van der Waals surface area contributed by atoms with Crippen LogP contribution in [0.2, 0.25) is 5.02 Å². The zero-order valence-electron chi connectivity index (χ0n) is 19.1. The number of hydrogen-bond donors (Lipinski definition) is 0. The molecule has 34 heavy (non-hydrogen) atoms. The van der Waals surface area contributed by atoms with Crippen LogP contribution in [0.15, 0.2) is 51.7 Å². The Kier molecular flexibility index (Phi) is 6.59. The fourth-order valence-electron chi connectivity index (χ4n) is 4.77. The highest BCUT2D eigenvalue weighted by Gasteiger charge is 2.42. The SMILES string of the molecule is CCOc1ccc([C@@H]2c3c(oc4ccc(Cl)cc4c3=O)C(=O)N2CCCN2CCOCC2)cc1. The molecule has 0 aliphatic carbocycles. The number of fused-ring (bicyclic) bond motifs is 2. The van der Waals surface area contributed by atoms with E-state index in [4.69, 9.17) is 25.5 Å². The molecule has 3 aromatic rings. The van der Waals surface area contributed by atoms with Gasteiger partial charge >= 0.3 is 0 Å². The summed E-state index contributed by atoms with van der Waals surface area (Å²) in [6, 6.07) is 11.9. The van der Waals surface area contributed by atoms with Gasteiger partial charge in [0.25, 0.3) is 5.91 Å². The summed E-state index contributed by atoms with van der Waals surface area (Å²) in [6.45, 7) is 7.11. The van der Waals surface area contributed by atoms with Crippen molar-refractivity contribution in [3.8, 4) is 5.75 Å². The zero-order valence-corrected chi connectivity index (χ0v) is 19.8. The Hall–Kier alpha value is -2.87. The van der Waals surface area contributed by atoms with Crippen LogP contribution < -0.4 is 10.2 Å². The maximum Gasteiger partial charge on any atom is 0.290 e. The van der Waals surface area contributed by atoms with Gasteiger partial charge in [0.15, 0.2) is 5.43 Å². The molecule has 1 fully saturated rings. The van der Waals surface area contributed by atoms with Gasteiger partial charge in [-0.15, -0.1) is 0 Å². The van der Waals surface area contributed by atoms with Gasteiger partial charge in [-0.3, -0.25) is 14.5 Å². The van der Waals surface area contributed by atoms with Crippen molar-refractivity contribution < 1.29 is 18.7 Å². The average molecular weight is 483 g/mol. The third kappa shape index (κ3) is 4.31. The van der Waals surface area contributed by atoms with Crippen LogP contribution in [0, 0.1) is 0 Å². The molecule has 7 nitrogen and oxygen atoms in total. The normalized spacial score (nSPS) is 18.5. The molecule has 2 aliphatic rings. The Bertz CT molecular complexity index is 1250. The van der Waals surface area contributed by atoms with Gasteiger partial charge in [0.1, 0.15) is 11.3 Å². The molecule has 0 unspecified atom stereocenters. The molecule has 0 radical (unpaired) electrons. The number of halogens is 1. The van der Waals surface area contributed by atoms with Crippen LogP contribution >= 0.6 is 11.6 Å². The van der Waals surface area contributed by atoms with Crippen LogP contribution in [-0.2, 0) is 4.74 Å². The molecule has 1 amide bonds. The molecule has 5 rings (SSSR count). The van der Waals surface area contributed by atoms with E-state index in [2.05, 4.69) is 4.90 Å². The van der Waals surface area contributed by atoms with Crippen LogP contribution in [0.3, 0.4) is 0 Å². The lowest BCUT2D eigenvalue weighted by Gasteiger charge is -2.29. The van der Waals surface area contributed by atoms with E-state index < -0.39 is 6.04 Å². The summed E-state index contributed by atoms with van der Waals surface area (Å²) in [5.74, 6) is 0.599. The van der Waals surface area contributed by atoms with Crippen molar-refractivity contribution in [1.29, 1.82) is 0 Å². The van der Waals surface area contributed by atoms with E-state index in [9.17, 15) is 9.59 Å². The maximum atomic E-state index is 13.6. The molecule has 178 valence electrons. The Morgan fingerprint density at radius 1 is 1.06 bits per heavy atom. The molecular formula is C26H27ClN2O5. The Labute approximate surface area is 202 Å². The van der Waals surface area contributed by atoms with Crippen molar-refractivity contribution in [2.75, 3.05) is 46.0 Å². The molecule has 8 heteroatoms. The third-order valence-electron chi connectivity index (χ3n) is 6.41. The third-order valence-corrected chi connectivity index (χ3v) is 6.65. The predicted molar refractivity (Wildman–Crippen MR) is 130 cm³/mol. The summed E-state index contributed by atoms with van der Waals surface area (Å²) in [5, 5.41) is 0.828. The Balaban J connectivity index is 1.52. The first-order valence-corrected chi connectivity index (χ1v) is 12.0. The van der Waals surface area contributed by atoms with E-state index in [0.717, 1.165) is 50.6 Å². The average Bonchev–Trinajstić information content (AvgIpc) is 3.13. The molecule has 3 heterocycles. The van der Waals surface area contributed by atoms with Crippen molar-refractivity contribution in [2.45, 2.75) is 19.4 Å². The number of carbonyl (C=O) groups excluding carboxylic acids is 1. The van der Waals surface area contributed by atoms with Crippen LogP contribution in [-0.4, -0.2) is 61.7 Å². The lowest BCUT2D eigenvalue weighted by Crippen LogP contribution is -2.38. The van der Waals surface area contributed by atoms with Crippen LogP contribution in [0.25, 0.3) is 11.0 Å². The minimum absolute atomic E-state index is 0.116. The predicted octanol–water partition coefficient (Wildman–Crippen LogP) is 4.11. The monoisotopic (exact) mass is 482 g/mol. The highest BCUT2D eigenvalue weighted by atomic mass is 35.5. The molecule has 2 aliphatic heterocycles. The molecule has 0 saturated carbocycles. The van der Waals surface area contributed by atoms with Gasteiger partial charge in [0.05, 0.1) is 36.8 Å². The summed E-state index contributed by atoms with van der Waals surface area (Å²) in [4.78, 5) is 31.2. The molecule has 1 atom stereocenters. The highest BCUT2D eigenvalue weighted by Crippen LogP contribution is 2.39. The van der Waals surface area contributed by atoms with E-state index in [-0.39, 0.29) is 17.1 Å². The first-order valence-electron chi connectivity index (χ1n) is 11.7. The second-order valence-corrected chi connectivity index (χ2v) is 8.96. The molecular weight excluding hydrogens is 456 g/mol. The largest absolute Gasteiger partial charge is 0.494 e. The Morgan fingerprint density at radius 2 is 1.82 bits per heavy atom. The lowest BCUT2D eigenvalue weighted by molar-refractivity contribution is 0.0353. The molecule has 2 aromatic carbocycles. The molecule has 1 saturated heterocycles. The number of carbonyl (C=O) groups is 1. The summed E-state index contributed by atoms with van der Waals surface area (Å²) in [5.41, 5.74) is 1.36. The fourth-order valence-corrected chi connectivity index (χ4v) is 4.94. The number of nitrogens with zero attached hydrogens (tertiary/aromatic N) is 2. The fraction of sp³-hybridized carbons (Fsp3) is 0.385. The van der Waals surface area contributed by atoms with Gasteiger partial charge in [-0.25, -0.2) is 0 Å². The Morgan fingerprint density at radius 3 is 2.56 bits per heavy atom. The van der Waals surface area contributed by atoms with E-state index in [1.54, 1.807) is 23.1 Å². The van der Waals surface area contributed by atoms with E-state index >= 15 is 0 Å². The second kappa shape index (κ2) is 9.78. The molecule has 0 bridgehead atoms. The number of morpholine rings is 1. The standard InChI is InChI=1S/C26H27ClN2O5/c1-2-33-19-7-4-17(5-8-19)23-22-24(30)20-16-18(27)6-9-21(20)34-25(22)26(31)29(23)11-3-10-28-12-14-32-15-13-28/h4-9,16,23H,2-3,10-15H2,1H3/t23-/m1/s1. The van der Waals surface area contributed by atoms with Crippen LogP contribution in [0.5, 0.6) is 5.75 Å². The van der Waals surface area contributed by atoms with Crippen molar-refractivity contribution >= 4 is 28.5 Å². The molecule has 0 N–H and O–H groups in total. The van der Waals surface area contributed by atoms with Gasteiger partial charge < -0.3 is 18.8 Å². The molecule has 1 aromatic heterocycles. The first kappa shape index (κ1) is 22.9. The van der Waals surface area contributed by atoms with Crippen molar-refractivity contribution in [1.82, 2.24) is 9.80 Å². The van der Waals surface area contributed by atoms with Crippen LogP contribution in [0.1, 0.15) is 41.1 Å². The van der Waals surface area contributed by atoms with Gasteiger partial charge in [-0.2, -0.15) is 0 Å². The minimum Gasteiger partial charge on any atom is -0.494 e. The van der Waals surface area contributed by atoms with Crippen molar-refractivity contribution in [3.05, 3.63) is 74.6 Å². The highest BCUT2D eigenvalue weighted by molar-refractivity contribution is 6.31. The van der Waals surface area contributed by atoms with E-state index in [0.29, 0.717) is 34.7 Å². The molecule has 0 spiro atoms. The smallest absolute Gasteiger partial charge is 0.290 e. The number of ether oxygens (including phenoxy) is 2. The number of amides is 1. The van der Waals surface area contributed by atoms with Gasteiger partial charge in [-0.1, -0.05) is 23.7 Å². The van der Waals surface area contributed by atoms with Gasteiger partial charge in [0.2, 0.25) is 5.76 Å². The summed E-state index contributed by atoms with van der Waals surface area (Å²) in [6.07, 6.45) is 0.785. The summed E-state index contributed by atoms with van der Waals surface area (Å²) in [7, 11) is 0. The summed E-state index contributed by atoms with van der Waals surface area (Å²) >= 11 is 6.16. The number of hydrogen-bond acceptors (Lipinski definition) is 6. The first-order chi connectivity index (χ1) is 16.6. The number of benzene rings is 2. The lowest BCUT2D eigenvalue weighted by atomic mass is 9.98. The second-order valence-electron chi connectivity index (χ2n) is 8.53. The maximum absolute atomic E-state index is 13.6. The summed E-state index contributed by atoms with van der Waals surface area (Å²) < 4.78 is 17.0. The zero-order chi connectivity index (χ0) is 23.7. The van der Waals surface area contributed by atoms with Crippen molar-refractivity contribution in [2.24, 2.45) is 0 Å². The van der Waals surface area contributed by atoms with Gasteiger partial charge in [0, 0.05) is 31.2 Å². The quantitative estimate of drug-likeness (QED) is 0.504. The number of rotatable bonds is 7. The van der Waals surface area contributed by atoms with Gasteiger partial charge in [-0.05, 0) is 49.2 Å².